The second kappa shape index (κ2) is 8.69. The van der Waals surface area contributed by atoms with Crippen molar-refractivity contribution in [3.63, 3.8) is 0 Å². The largest absolute Gasteiger partial charge is 0.494 e. The van der Waals surface area contributed by atoms with Gasteiger partial charge >= 0.3 is 0 Å². The Kier molecular flexibility index (Phi) is 5.67. The van der Waals surface area contributed by atoms with Crippen molar-refractivity contribution in [1.82, 2.24) is 9.78 Å². The molecule has 1 amide bonds. The molecule has 0 spiro atoms. The van der Waals surface area contributed by atoms with E-state index in [1.165, 1.54) is 18.3 Å². The zero-order valence-corrected chi connectivity index (χ0v) is 19.9. The molecule has 0 radical (unpaired) electrons. The zero-order valence-electron chi connectivity index (χ0n) is 19.9. The highest BCUT2D eigenvalue weighted by atomic mass is 19.1. The molecule has 8 heteroatoms. The number of halogens is 1. The van der Waals surface area contributed by atoms with Crippen LogP contribution in [0.3, 0.4) is 0 Å². The number of nitrogens with zero attached hydrogens (tertiary/aromatic N) is 2. The summed E-state index contributed by atoms with van der Waals surface area (Å²) in [6.45, 7) is 6.57. The number of ether oxygens (including phenoxy) is 1. The van der Waals surface area contributed by atoms with Crippen molar-refractivity contribution in [3.05, 3.63) is 82.9 Å². The molecule has 0 saturated carbocycles. The molecule has 1 aliphatic carbocycles. The molecule has 5 rings (SSSR count). The Bertz CT molecular complexity index is 1320. The first-order valence-electron chi connectivity index (χ1n) is 11.7. The molecular weight excluding hydrogens is 447 g/mol. The van der Waals surface area contributed by atoms with E-state index in [-0.39, 0.29) is 22.9 Å². The van der Waals surface area contributed by atoms with Crippen LogP contribution in [0.4, 0.5) is 15.9 Å². The van der Waals surface area contributed by atoms with Crippen LogP contribution < -0.4 is 15.4 Å². The van der Waals surface area contributed by atoms with Crippen LogP contribution in [-0.2, 0) is 4.79 Å². The molecule has 2 aromatic carbocycles. The average molecular weight is 475 g/mol. The molecule has 2 aliphatic rings. The minimum atomic E-state index is -0.544. The van der Waals surface area contributed by atoms with E-state index in [9.17, 15) is 14.0 Å². The van der Waals surface area contributed by atoms with Crippen molar-refractivity contribution in [2.45, 2.75) is 39.7 Å². The number of hydrogen-bond acceptors (Lipinski definition) is 5. The van der Waals surface area contributed by atoms with Crippen molar-refractivity contribution in [1.29, 1.82) is 0 Å². The van der Waals surface area contributed by atoms with Crippen molar-refractivity contribution < 1.29 is 18.7 Å². The van der Waals surface area contributed by atoms with Crippen molar-refractivity contribution >= 4 is 23.2 Å². The van der Waals surface area contributed by atoms with E-state index in [4.69, 9.17) is 4.74 Å². The molecule has 180 valence electrons. The fraction of sp³-hybridized carbons (Fsp3) is 0.296. The summed E-state index contributed by atoms with van der Waals surface area (Å²) in [5.74, 6) is 0.572. The van der Waals surface area contributed by atoms with E-state index in [0.717, 1.165) is 17.0 Å². The lowest BCUT2D eigenvalue weighted by atomic mass is 9.73. The van der Waals surface area contributed by atoms with Gasteiger partial charge in [0.2, 0.25) is 0 Å². The molecule has 1 aliphatic heterocycles. The van der Waals surface area contributed by atoms with E-state index in [1.807, 2.05) is 6.92 Å². The highest BCUT2D eigenvalue weighted by molar-refractivity contribution is 6.08. The summed E-state index contributed by atoms with van der Waals surface area (Å²) in [5.41, 5.74) is 2.89. The van der Waals surface area contributed by atoms with Gasteiger partial charge in [0.05, 0.1) is 12.8 Å². The number of carbonyl (C=O) groups is 2. The molecule has 1 atom stereocenters. The lowest BCUT2D eigenvalue weighted by Gasteiger charge is -2.39. The molecule has 7 nitrogen and oxygen atoms in total. The summed E-state index contributed by atoms with van der Waals surface area (Å²) < 4.78 is 20.8. The first kappa shape index (κ1) is 22.8. The van der Waals surface area contributed by atoms with Crippen LogP contribution in [0.1, 0.15) is 55.6 Å². The SMILES string of the molecule is CCOc1ccc(NC(=O)c2cnn3c2NC2=C(C(=O)CC(C)(C)C2)[C@H]3c2ccc(F)cc2)cc1. The van der Waals surface area contributed by atoms with E-state index in [0.29, 0.717) is 42.1 Å². The molecule has 0 bridgehead atoms. The Balaban J connectivity index is 1.52. The summed E-state index contributed by atoms with van der Waals surface area (Å²) in [6, 6.07) is 12.7. The molecule has 0 fully saturated rings. The van der Waals surface area contributed by atoms with Crippen LogP contribution >= 0.6 is 0 Å². The van der Waals surface area contributed by atoms with Gasteiger partial charge in [-0.15, -0.1) is 0 Å². The first-order chi connectivity index (χ1) is 16.8. The number of carbonyl (C=O) groups excluding carboxylic acids is 2. The normalized spacial score (nSPS) is 18.4. The average Bonchev–Trinajstić information content (AvgIpc) is 3.23. The first-order valence-corrected chi connectivity index (χ1v) is 11.7. The van der Waals surface area contributed by atoms with E-state index in [1.54, 1.807) is 41.1 Å². The van der Waals surface area contributed by atoms with Crippen molar-refractivity contribution in [2.24, 2.45) is 5.41 Å². The predicted octanol–water partition coefficient (Wildman–Crippen LogP) is 5.33. The number of nitrogens with one attached hydrogen (secondary N) is 2. The molecule has 2 heterocycles. The lowest BCUT2D eigenvalue weighted by molar-refractivity contribution is -0.118. The predicted molar refractivity (Wildman–Crippen MR) is 131 cm³/mol. The molecule has 1 aromatic heterocycles. The van der Waals surface area contributed by atoms with Gasteiger partial charge in [0.1, 0.15) is 29.0 Å². The molecule has 35 heavy (non-hydrogen) atoms. The summed E-state index contributed by atoms with van der Waals surface area (Å²) in [5, 5.41) is 10.7. The Morgan fingerprint density at radius 3 is 2.57 bits per heavy atom. The number of anilines is 2. The van der Waals surface area contributed by atoms with Gasteiger partial charge in [-0.2, -0.15) is 5.10 Å². The topological polar surface area (TPSA) is 85.2 Å². The summed E-state index contributed by atoms with van der Waals surface area (Å²) in [6.07, 6.45) is 2.56. The number of ketones is 1. The van der Waals surface area contributed by atoms with Crippen molar-refractivity contribution in [2.75, 3.05) is 17.2 Å². The summed E-state index contributed by atoms with van der Waals surface area (Å²) in [7, 11) is 0. The fourth-order valence-corrected chi connectivity index (χ4v) is 4.83. The molecule has 0 unspecified atom stereocenters. The molecule has 0 saturated heterocycles. The minimum absolute atomic E-state index is 0.0274. The van der Waals surface area contributed by atoms with Crippen molar-refractivity contribution in [3.8, 4) is 5.75 Å². The van der Waals surface area contributed by atoms with Gasteiger partial charge < -0.3 is 15.4 Å². The van der Waals surface area contributed by atoms with Gasteiger partial charge in [-0.3, -0.25) is 9.59 Å². The Hall–Kier alpha value is -3.94. The maximum atomic E-state index is 13.7. The monoisotopic (exact) mass is 474 g/mol. The lowest BCUT2D eigenvalue weighted by Crippen LogP contribution is -2.37. The van der Waals surface area contributed by atoms with E-state index in [2.05, 4.69) is 29.6 Å². The van der Waals surface area contributed by atoms with Gasteiger partial charge in [0, 0.05) is 23.4 Å². The number of benzene rings is 2. The van der Waals surface area contributed by atoms with Crippen LogP contribution in [0.5, 0.6) is 5.75 Å². The number of rotatable bonds is 5. The van der Waals surface area contributed by atoms with Gasteiger partial charge in [0.15, 0.2) is 5.78 Å². The van der Waals surface area contributed by atoms with Gasteiger partial charge in [-0.05, 0) is 60.7 Å². The number of aromatic nitrogens is 2. The number of hydrogen-bond donors (Lipinski definition) is 2. The number of Topliss-reactive ketones (excluding diaryl/α,β-unsaturated/α-hetero) is 1. The second-order valence-corrected chi connectivity index (χ2v) is 9.68. The highest BCUT2D eigenvalue weighted by Crippen LogP contribution is 2.46. The number of fused-ring (bicyclic) bond motifs is 1. The van der Waals surface area contributed by atoms with Gasteiger partial charge in [0.25, 0.3) is 5.91 Å². The standard InChI is InChI=1S/C27H27FN4O3/c1-4-35-19-11-9-18(10-12-19)30-26(34)20-15-29-32-24(16-5-7-17(28)8-6-16)23-21(31-25(20)32)13-27(2,3)14-22(23)33/h5-12,15,24,31H,4,13-14H2,1-3H3,(H,30,34)/t24-/m1/s1. The Morgan fingerprint density at radius 2 is 1.89 bits per heavy atom. The maximum absolute atomic E-state index is 13.7. The van der Waals surface area contributed by atoms with Gasteiger partial charge in [-0.25, -0.2) is 9.07 Å². The van der Waals surface area contributed by atoms with E-state index < -0.39 is 6.04 Å². The third kappa shape index (κ3) is 4.32. The minimum Gasteiger partial charge on any atom is -0.494 e. The van der Waals surface area contributed by atoms with Crippen LogP contribution in [0.2, 0.25) is 0 Å². The second-order valence-electron chi connectivity index (χ2n) is 9.68. The van der Waals surface area contributed by atoms with Crippen LogP contribution in [0, 0.1) is 11.2 Å². The quantitative estimate of drug-likeness (QED) is 0.522. The summed E-state index contributed by atoms with van der Waals surface area (Å²) in [4.78, 5) is 26.5. The third-order valence-corrected chi connectivity index (χ3v) is 6.36. The van der Waals surface area contributed by atoms with Gasteiger partial charge in [-0.1, -0.05) is 26.0 Å². The highest BCUT2D eigenvalue weighted by Gasteiger charge is 2.42. The third-order valence-electron chi connectivity index (χ3n) is 6.36. The molecule has 3 aromatic rings. The van der Waals surface area contributed by atoms with E-state index >= 15 is 0 Å². The zero-order chi connectivity index (χ0) is 24.7. The van der Waals surface area contributed by atoms with Crippen LogP contribution in [0.25, 0.3) is 0 Å². The maximum Gasteiger partial charge on any atom is 0.261 e. The van der Waals surface area contributed by atoms with Crippen LogP contribution in [0.15, 0.2) is 66.0 Å². The Labute approximate surface area is 203 Å². The summed E-state index contributed by atoms with van der Waals surface area (Å²) >= 11 is 0. The Morgan fingerprint density at radius 1 is 1.17 bits per heavy atom. The number of amides is 1. The molecular formula is C27H27FN4O3. The molecule has 2 N–H and O–H groups in total. The van der Waals surface area contributed by atoms with Crippen LogP contribution in [-0.4, -0.2) is 28.1 Å². The number of allylic oxidation sites excluding steroid dienone is 2. The fourth-order valence-electron chi connectivity index (χ4n) is 4.83. The smallest absolute Gasteiger partial charge is 0.261 e.